The Hall–Kier alpha value is -1.18. The predicted octanol–water partition coefficient (Wildman–Crippen LogP) is 1.14. The molecule has 8 heteroatoms. The molecule has 0 saturated heterocycles. The number of nitrogens with one attached hydrogen (secondary N) is 1. The molecule has 0 aromatic carbocycles. The molecule has 1 N–H and O–H groups in total. The molecular weight excluding hydrogens is 302 g/mol. The topological polar surface area (TPSA) is 79.4 Å². The quantitative estimate of drug-likeness (QED) is 0.603. The first kappa shape index (κ1) is 16.9. The second-order valence-corrected chi connectivity index (χ2v) is 6.58. The van der Waals surface area contributed by atoms with Crippen molar-refractivity contribution in [3.05, 3.63) is 29.0 Å². The lowest BCUT2D eigenvalue weighted by molar-refractivity contribution is 0.0948. The Labute approximate surface area is 124 Å². The Morgan fingerprint density at radius 2 is 2.15 bits per heavy atom. The zero-order valence-electron chi connectivity index (χ0n) is 11.5. The minimum absolute atomic E-state index is 0.243. The molecule has 0 unspecified atom stereocenters. The van der Waals surface area contributed by atoms with Gasteiger partial charge in [-0.1, -0.05) is 24.6 Å². The molecule has 6 nitrogen and oxygen atoms in total. The van der Waals surface area contributed by atoms with Gasteiger partial charge in [0.1, 0.15) is 10.8 Å². The van der Waals surface area contributed by atoms with Crippen molar-refractivity contribution in [3.63, 3.8) is 0 Å². The summed E-state index contributed by atoms with van der Waals surface area (Å²) in [4.78, 5) is 15.6. The largest absolute Gasteiger partial charge is 0.351 e. The van der Waals surface area contributed by atoms with E-state index >= 15 is 0 Å². The second kappa shape index (κ2) is 7.56. The number of rotatable bonds is 7. The Bertz CT molecular complexity index is 563. The number of carbonyl (C=O) groups is 1. The van der Waals surface area contributed by atoms with Crippen molar-refractivity contribution in [2.24, 2.45) is 0 Å². The number of hydrogen-bond acceptors (Lipinski definition) is 4. The van der Waals surface area contributed by atoms with Gasteiger partial charge in [-0.15, -0.1) is 0 Å². The molecule has 0 saturated carbocycles. The predicted molar refractivity (Wildman–Crippen MR) is 78.3 cm³/mol. The summed E-state index contributed by atoms with van der Waals surface area (Å²) in [6.45, 7) is 2.94. The van der Waals surface area contributed by atoms with E-state index in [2.05, 4.69) is 10.3 Å². The normalized spacial score (nSPS) is 11.6. The van der Waals surface area contributed by atoms with E-state index in [0.29, 0.717) is 26.1 Å². The highest BCUT2D eigenvalue weighted by Gasteiger charge is 2.13. The fraction of sp³-hybridized carbons (Fsp3) is 0.500. The maximum absolute atomic E-state index is 11.7. The van der Waals surface area contributed by atoms with Crippen LogP contribution in [0, 0.1) is 0 Å². The van der Waals surface area contributed by atoms with E-state index in [-0.39, 0.29) is 16.8 Å². The van der Waals surface area contributed by atoms with Crippen LogP contribution < -0.4 is 5.32 Å². The Kier molecular flexibility index (Phi) is 6.38. The van der Waals surface area contributed by atoms with Crippen LogP contribution in [0.2, 0.25) is 5.15 Å². The van der Waals surface area contributed by atoms with E-state index in [9.17, 15) is 13.2 Å². The first-order valence-corrected chi connectivity index (χ1v) is 8.43. The zero-order valence-corrected chi connectivity index (χ0v) is 13.0. The summed E-state index contributed by atoms with van der Waals surface area (Å²) in [6, 6.07) is 4.80. The maximum atomic E-state index is 11.7. The van der Waals surface area contributed by atoms with E-state index in [1.165, 1.54) is 10.6 Å². The zero-order chi connectivity index (χ0) is 15.2. The van der Waals surface area contributed by atoms with Crippen LogP contribution in [0.15, 0.2) is 18.2 Å². The van der Waals surface area contributed by atoms with Crippen molar-refractivity contribution in [1.82, 2.24) is 14.6 Å². The number of amides is 1. The van der Waals surface area contributed by atoms with Crippen LogP contribution in [-0.4, -0.2) is 49.5 Å². The molecule has 0 bridgehead atoms. The Morgan fingerprint density at radius 3 is 2.70 bits per heavy atom. The van der Waals surface area contributed by atoms with Gasteiger partial charge >= 0.3 is 0 Å². The molecule has 0 radical (unpaired) electrons. The first-order chi connectivity index (χ1) is 9.34. The third kappa shape index (κ3) is 5.44. The Balaban J connectivity index is 2.40. The van der Waals surface area contributed by atoms with Crippen LogP contribution in [0.5, 0.6) is 0 Å². The Morgan fingerprint density at radius 1 is 1.45 bits per heavy atom. The van der Waals surface area contributed by atoms with Crippen molar-refractivity contribution in [3.8, 4) is 0 Å². The molecule has 0 aliphatic carbocycles. The molecule has 0 aliphatic rings. The van der Waals surface area contributed by atoms with Crippen molar-refractivity contribution < 1.29 is 13.2 Å². The summed E-state index contributed by atoms with van der Waals surface area (Å²) in [5.41, 5.74) is 0.243. The molecule has 112 valence electrons. The summed E-state index contributed by atoms with van der Waals surface area (Å²) in [7, 11) is -3.18. The average Bonchev–Trinajstić information content (AvgIpc) is 2.37. The molecule has 1 rings (SSSR count). The minimum atomic E-state index is -3.18. The fourth-order valence-corrected chi connectivity index (χ4v) is 2.73. The maximum Gasteiger partial charge on any atom is 0.269 e. The number of hydrogen-bond donors (Lipinski definition) is 1. The third-order valence-electron chi connectivity index (χ3n) is 2.64. The van der Waals surface area contributed by atoms with Gasteiger partial charge in [0.25, 0.3) is 5.91 Å². The first-order valence-electron chi connectivity index (χ1n) is 6.20. The lowest BCUT2D eigenvalue weighted by Crippen LogP contribution is -2.33. The smallest absolute Gasteiger partial charge is 0.269 e. The monoisotopic (exact) mass is 319 g/mol. The summed E-state index contributed by atoms with van der Waals surface area (Å²) in [6.07, 6.45) is 1.71. The van der Waals surface area contributed by atoms with Gasteiger partial charge in [0, 0.05) is 19.6 Å². The molecule has 0 aliphatic heterocycles. The summed E-state index contributed by atoms with van der Waals surface area (Å²) in [5, 5.41) is 2.93. The highest BCUT2D eigenvalue weighted by atomic mass is 35.5. The van der Waals surface area contributed by atoms with Gasteiger partial charge in [-0.2, -0.15) is 0 Å². The molecule has 1 aromatic heterocycles. The molecule has 1 amide bonds. The van der Waals surface area contributed by atoms with Crippen molar-refractivity contribution in [2.45, 2.75) is 13.3 Å². The van der Waals surface area contributed by atoms with Crippen molar-refractivity contribution in [2.75, 3.05) is 25.9 Å². The van der Waals surface area contributed by atoms with Gasteiger partial charge in [0.05, 0.1) is 6.26 Å². The second-order valence-electron chi connectivity index (χ2n) is 4.21. The summed E-state index contributed by atoms with van der Waals surface area (Å²) in [5.74, 6) is -0.324. The molecule has 20 heavy (non-hydrogen) atoms. The summed E-state index contributed by atoms with van der Waals surface area (Å²) < 4.78 is 24.1. The fourth-order valence-electron chi connectivity index (χ4n) is 1.64. The van der Waals surface area contributed by atoms with E-state index in [1.807, 2.05) is 0 Å². The number of carbonyl (C=O) groups excluding carboxylic acids is 1. The van der Waals surface area contributed by atoms with Crippen molar-refractivity contribution in [1.29, 1.82) is 0 Å². The number of aromatic nitrogens is 1. The number of pyridine rings is 1. The van der Waals surface area contributed by atoms with Crippen LogP contribution in [0.1, 0.15) is 23.8 Å². The number of sulfonamides is 1. The van der Waals surface area contributed by atoms with Gasteiger partial charge in [0.2, 0.25) is 10.0 Å². The SMILES string of the molecule is CCN(CCCNC(=O)c1cccc(Cl)n1)S(C)(=O)=O. The van der Waals surface area contributed by atoms with Gasteiger partial charge in [0.15, 0.2) is 0 Å². The average molecular weight is 320 g/mol. The molecular formula is C12H18ClN3O3S. The van der Waals surface area contributed by atoms with Crippen molar-refractivity contribution >= 4 is 27.5 Å². The van der Waals surface area contributed by atoms with Crippen LogP contribution in [0.3, 0.4) is 0 Å². The highest BCUT2D eigenvalue weighted by molar-refractivity contribution is 7.88. The number of halogens is 1. The van der Waals surface area contributed by atoms with Gasteiger partial charge < -0.3 is 5.32 Å². The van der Waals surface area contributed by atoms with Gasteiger partial charge in [-0.05, 0) is 18.6 Å². The van der Waals surface area contributed by atoms with E-state index in [1.54, 1.807) is 25.1 Å². The van der Waals surface area contributed by atoms with E-state index in [0.717, 1.165) is 0 Å². The molecule has 0 atom stereocenters. The number of nitrogens with zero attached hydrogens (tertiary/aromatic N) is 2. The molecule has 0 fully saturated rings. The summed E-state index contributed by atoms with van der Waals surface area (Å²) >= 11 is 5.70. The van der Waals surface area contributed by atoms with Crippen LogP contribution in [0.4, 0.5) is 0 Å². The van der Waals surface area contributed by atoms with Crippen LogP contribution >= 0.6 is 11.6 Å². The van der Waals surface area contributed by atoms with E-state index in [4.69, 9.17) is 11.6 Å². The standard InChI is InChI=1S/C12H18ClN3O3S/c1-3-16(20(2,18)19)9-5-8-14-12(17)10-6-4-7-11(13)15-10/h4,6-7H,3,5,8-9H2,1-2H3,(H,14,17). The van der Waals surface area contributed by atoms with Crippen LogP contribution in [0.25, 0.3) is 0 Å². The lowest BCUT2D eigenvalue weighted by Gasteiger charge is -2.17. The third-order valence-corrected chi connectivity index (χ3v) is 4.23. The highest BCUT2D eigenvalue weighted by Crippen LogP contribution is 2.05. The van der Waals surface area contributed by atoms with Crippen LogP contribution in [-0.2, 0) is 10.0 Å². The van der Waals surface area contributed by atoms with E-state index < -0.39 is 10.0 Å². The van der Waals surface area contributed by atoms with Gasteiger partial charge in [-0.25, -0.2) is 17.7 Å². The molecule has 0 spiro atoms. The molecule has 1 aromatic rings. The molecule has 1 heterocycles. The minimum Gasteiger partial charge on any atom is -0.351 e. The van der Waals surface area contributed by atoms with Gasteiger partial charge in [-0.3, -0.25) is 4.79 Å². The lowest BCUT2D eigenvalue weighted by atomic mass is 10.3.